The average molecular weight is 409 g/mol. The molecule has 0 spiro atoms. The number of carbonyl (C=O) groups excluding carboxylic acids is 2. The number of hydrogen-bond donors (Lipinski definition) is 4. The van der Waals surface area contributed by atoms with E-state index in [2.05, 4.69) is 21.1 Å². The molecule has 0 aromatic heterocycles. The van der Waals surface area contributed by atoms with Crippen LogP contribution in [0, 0.1) is 0 Å². The van der Waals surface area contributed by atoms with Gasteiger partial charge in [-0.15, -0.1) is 0 Å². The van der Waals surface area contributed by atoms with E-state index in [1.165, 1.54) is 0 Å². The van der Waals surface area contributed by atoms with E-state index in [9.17, 15) is 9.59 Å². The first-order valence-corrected chi connectivity index (χ1v) is 9.91. The van der Waals surface area contributed by atoms with Crippen LogP contribution in [-0.4, -0.2) is 23.5 Å². The van der Waals surface area contributed by atoms with Crippen molar-refractivity contribution in [2.45, 2.75) is 38.5 Å². The zero-order valence-electron chi connectivity index (χ0n) is 16.9. The molecule has 0 aliphatic carbocycles. The molecule has 0 aliphatic rings. The number of urea groups is 2. The van der Waals surface area contributed by atoms with E-state index in [0.717, 1.165) is 61.1 Å². The third-order valence-electron chi connectivity index (χ3n) is 4.39. The summed E-state index contributed by atoms with van der Waals surface area (Å²) >= 11 is 0. The van der Waals surface area contributed by atoms with Crippen LogP contribution in [0.25, 0.3) is 0 Å². The Morgan fingerprint density at radius 2 is 1.00 bits per heavy atom. The van der Waals surface area contributed by atoms with Crippen molar-refractivity contribution < 1.29 is 9.59 Å². The number of nitrogens with two attached hydrogens (primary N) is 2. The van der Waals surface area contributed by atoms with Crippen LogP contribution < -0.4 is 22.3 Å². The van der Waals surface area contributed by atoms with E-state index in [-0.39, 0.29) is 0 Å². The largest absolute Gasteiger partial charge is 0.350 e. The number of unbranched alkanes of at least 4 members (excludes halogenated alkanes) is 3. The monoisotopic (exact) mass is 408 g/mol. The van der Waals surface area contributed by atoms with E-state index in [0.29, 0.717) is 0 Å². The van der Waals surface area contributed by atoms with Crippen LogP contribution in [0.5, 0.6) is 0 Å². The van der Waals surface area contributed by atoms with Crippen LogP contribution in [0.1, 0.15) is 49.7 Å². The van der Waals surface area contributed by atoms with Crippen molar-refractivity contribution in [3.8, 4) is 0 Å². The van der Waals surface area contributed by atoms with Gasteiger partial charge in [-0.05, 0) is 36.8 Å². The fourth-order valence-electron chi connectivity index (χ4n) is 2.97. The molecule has 8 nitrogen and oxygen atoms in total. The summed E-state index contributed by atoms with van der Waals surface area (Å²) in [5.74, 6) is 0. The molecule has 158 valence electrons. The van der Waals surface area contributed by atoms with E-state index < -0.39 is 12.1 Å². The molecule has 0 heterocycles. The minimum absolute atomic E-state index is 0.680. The molecule has 6 N–H and O–H groups in total. The zero-order valence-corrected chi connectivity index (χ0v) is 16.9. The van der Waals surface area contributed by atoms with Crippen molar-refractivity contribution >= 4 is 23.5 Å². The van der Waals surface area contributed by atoms with Gasteiger partial charge in [-0.3, -0.25) is 0 Å². The van der Waals surface area contributed by atoms with Gasteiger partial charge in [0.25, 0.3) is 0 Å². The Morgan fingerprint density at radius 3 is 1.33 bits per heavy atom. The minimum atomic E-state index is -0.680. The van der Waals surface area contributed by atoms with Gasteiger partial charge in [-0.2, -0.15) is 10.2 Å². The Bertz CT molecular complexity index is 792. The number of amides is 4. The molecule has 0 bridgehead atoms. The molecule has 2 aromatic rings. The number of nitrogens with zero attached hydrogens (tertiary/aromatic N) is 2. The van der Waals surface area contributed by atoms with Crippen molar-refractivity contribution in [1.29, 1.82) is 0 Å². The highest BCUT2D eigenvalue weighted by molar-refractivity contribution is 6.01. The summed E-state index contributed by atoms with van der Waals surface area (Å²) in [6.45, 7) is 0. The predicted molar refractivity (Wildman–Crippen MR) is 119 cm³/mol. The first kappa shape index (κ1) is 22.6. The highest BCUT2D eigenvalue weighted by atomic mass is 16.2. The van der Waals surface area contributed by atoms with Crippen molar-refractivity contribution in [2.75, 3.05) is 0 Å². The summed E-state index contributed by atoms with van der Waals surface area (Å²) in [5.41, 5.74) is 18.4. The maximum Gasteiger partial charge on any atom is 0.332 e. The molecule has 0 aliphatic heterocycles. The fraction of sp³-hybridized carbons (Fsp3) is 0.273. The van der Waals surface area contributed by atoms with Gasteiger partial charge >= 0.3 is 12.1 Å². The van der Waals surface area contributed by atoms with Gasteiger partial charge in [0.05, 0.1) is 11.4 Å². The van der Waals surface area contributed by atoms with Crippen LogP contribution in [0.3, 0.4) is 0 Å². The Balaban J connectivity index is 1.83. The molecule has 2 rings (SSSR count). The lowest BCUT2D eigenvalue weighted by Gasteiger charge is -2.08. The first-order valence-electron chi connectivity index (χ1n) is 9.91. The summed E-state index contributed by atoms with van der Waals surface area (Å²) in [6, 6.07) is 18.0. The summed E-state index contributed by atoms with van der Waals surface area (Å²) in [4.78, 5) is 22.0. The third kappa shape index (κ3) is 8.55. The summed E-state index contributed by atoms with van der Waals surface area (Å²) in [6.07, 6.45) is 5.29. The topological polar surface area (TPSA) is 135 Å². The number of primary amides is 2. The average Bonchev–Trinajstić information content (AvgIpc) is 2.75. The van der Waals surface area contributed by atoms with Gasteiger partial charge in [0.2, 0.25) is 0 Å². The second-order valence-corrected chi connectivity index (χ2v) is 6.72. The van der Waals surface area contributed by atoms with Gasteiger partial charge in [-0.1, -0.05) is 73.5 Å². The lowest BCUT2D eigenvalue weighted by atomic mass is 10.0. The molecule has 2 aromatic carbocycles. The van der Waals surface area contributed by atoms with Gasteiger partial charge < -0.3 is 11.5 Å². The maximum atomic E-state index is 11.0. The second kappa shape index (κ2) is 12.7. The van der Waals surface area contributed by atoms with E-state index in [1.54, 1.807) is 0 Å². The normalized spacial score (nSPS) is 11.7. The zero-order chi connectivity index (χ0) is 21.6. The number of nitrogens with one attached hydrogen (secondary N) is 2. The standard InChI is InChI=1S/C22H28N6O2/c23-21(29)27-25-19(17-11-5-3-6-12-17)15-9-1-2-10-16-20(26-28-22(24)30)18-13-7-4-8-14-18/h3-8,11-14H,1-2,9-10,15-16H2,(H3,23,27,29)(H3,24,28,30)/b25-19-,26-20+. The number of hydrazone groups is 2. The summed E-state index contributed by atoms with van der Waals surface area (Å²) in [5, 5.41) is 8.28. The molecule has 4 amide bonds. The minimum Gasteiger partial charge on any atom is -0.350 e. The lowest BCUT2D eigenvalue weighted by Crippen LogP contribution is -2.26. The van der Waals surface area contributed by atoms with E-state index >= 15 is 0 Å². The van der Waals surface area contributed by atoms with Gasteiger partial charge in [-0.25, -0.2) is 20.4 Å². The van der Waals surface area contributed by atoms with Gasteiger partial charge in [0.15, 0.2) is 0 Å². The molecule has 0 saturated carbocycles. The maximum absolute atomic E-state index is 11.0. The van der Waals surface area contributed by atoms with Gasteiger partial charge in [0.1, 0.15) is 0 Å². The summed E-state index contributed by atoms with van der Waals surface area (Å²) < 4.78 is 0. The Hall–Kier alpha value is -3.68. The number of benzene rings is 2. The SMILES string of the molecule is NC(=O)N/N=C(/CCCCCC/C(=N\NC(N)=O)c1ccccc1)c1ccccc1. The smallest absolute Gasteiger partial charge is 0.332 e. The van der Waals surface area contributed by atoms with Crippen LogP contribution in [0.2, 0.25) is 0 Å². The molecule has 0 fully saturated rings. The Morgan fingerprint density at radius 1 is 0.633 bits per heavy atom. The molecule has 0 saturated heterocycles. The van der Waals surface area contributed by atoms with Crippen molar-refractivity contribution in [2.24, 2.45) is 21.7 Å². The van der Waals surface area contributed by atoms with Crippen LogP contribution in [0.15, 0.2) is 70.9 Å². The fourth-order valence-corrected chi connectivity index (χ4v) is 2.97. The Kier molecular flexibility index (Phi) is 9.58. The molecule has 30 heavy (non-hydrogen) atoms. The van der Waals surface area contributed by atoms with Crippen LogP contribution in [-0.2, 0) is 0 Å². The van der Waals surface area contributed by atoms with Crippen LogP contribution in [0.4, 0.5) is 9.59 Å². The first-order chi connectivity index (χ1) is 14.6. The highest BCUT2D eigenvalue weighted by Crippen LogP contribution is 2.13. The van der Waals surface area contributed by atoms with Gasteiger partial charge in [0, 0.05) is 0 Å². The molecular formula is C22H28N6O2. The number of carbonyl (C=O) groups is 2. The van der Waals surface area contributed by atoms with Crippen LogP contribution >= 0.6 is 0 Å². The molecule has 8 heteroatoms. The highest BCUT2D eigenvalue weighted by Gasteiger charge is 2.06. The van der Waals surface area contributed by atoms with Crippen molar-refractivity contribution in [3.05, 3.63) is 71.8 Å². The second-order valence-electron chi connectivity index (χ2n) is 6.72. The van der Waals surface area contributed by atoms with E-state index in [1.807, 2.05) is 60.7 Å². The quantitative estimate of drug-likeness (QED) is 0.257. The molecule has 0 unspecified atom stereocenters. The predicted octanol–water partition coefficient (Wildman–Crippen LogP) is 3.47. The van der Waals surface area contributed by atoms with E-state index in [4.69, 9.17) is 11.5 Å². The third-order valence-corrected chi connectivity index (χ3v) is 4.39. The molecule has 0 atom stereocenters. The summed E-state index contributed by atoms with van der Waals surface area (Å²) in [7, 11) is 0. The van der Waals surface area contributed by atoms with Crippen molar-refractivity contribution in [1.82, 2.24) is 10.9 Å². The number of hydrogen-bond acceptors (Lipinski definition) is 4. The molecular weight excluding hydrogens is 380 g/mol. The van der Waals surface area contributed by atoms with Crippen molar-refractivity contribution in [3.63, 3.8) is 0 Å². The lowest BCUT2D eigenvalue weighted by molar-refractivity contribution is 0.248. The Labute approximate surface area is 176 Å². The number of rotatable bonds is 11. The molecule has 0 radical (unpaired) electrons.